The molecule has 0 aliphatic heterocycles. The van der Waals surface area contributed by atoms with Crippen LogP contribution in [-0.4, -0.2) is 18.5 Å². The van der Waals surface area contributed by atoms with Gasteiger partial charge in [-0.25, -0.2) is 4.98 Å². The Balaban J connectivity index is 1.23. The van der Waals surface area contributed by atoms with Crippen LogP contribution >= 0.6 is 0 Å². The molecule has 0 fully saturated rings. The van der Waals surface area contributed by atoms with Gasteiger partial charge >= 0.3 is 0 Å². The van der Waals surface area contributed by atoms with Gasteiger partial charge in [-0.15, -0.1) is 0 Å². The summed E-state index contributed by atoms with van der Waals surface area (Å²) in [5.41, 5.74) is 12.6. The number of imidazole rings is 1. The minimum Gasteiger partial charge on any atom is -0.309 e. The Morgan fingerprint density at radius 1 is 0.373 bits per heavy atom. The van der Waals surface area contributed by atoms with Gasteiger partial charge in [0.25, 0.3) is 0 Å². The first kappa shape index (κ1) is 27.0. The molecule has 5 heterocycles. The second-order valence-electron chi connectivity index (χ2n) is 13.6. The van der Waals surface area contributed by atoms with Crippen LogP contribution in [0.15, 0.2) is 170 Å². The minimum absolute atomic E-state index is 0.972. The van der Waals surface area contributed by atoms with E-state index in [2.05, 4.69) is 183 Å². The Morgan fingerprint density at radius 2 is 1.08 bits per heavy atom. The lowest BCUT2D eigenvalue weighted by atomic mass is 10.0. The number of hydrogen-bond donors (Lipinski definition) is 0. The molecule has 4 heteroatoms. The van der Waals surface area contributed by atoms with Crippen LogP contribution in [0, 0.1) is 0 Å². The van der Waals surface area contributed by atoms with Crippen LogP contribution in [0.5, 0.6) is 0 Å². The van der Waals surface area contributed by atoms with Crippen molar-refractivity contribution in [3.8, 4) is 22.6 Å². The molecule has 51 heavy (non-hydrogen) atoms. The Hall–Kier alpha value is -6.91. The molecule has 0 N–H and O–H groups in total. The average molecular weight is 649 g/mol. The molecule has 0 aliphatic rings. The summed E-state index contributed by atoms with van der Waals surface area (Å²) >= 11 is 0. The summed E-state index contributed by atoms with van der Waals surface area (Å²) in [6, 6.07) is 61.7. The Kier molecular flexibility index (Phi) is 5.20. The smallest absolute Gasteiger partial charge is 0.138 e. The zero-order valence-corrected chi connectivity index (χ0v) is 27.5. The minimum atomic E-state index is 0.972. The molecule has 5 aromatic heterocycles. The van der Waals surface area contributed by atoms with Crippen LogP contribution in [0.2, 0.25) is 0 Å². The maximum Gasteiger partial charge on any atom is 0.138 e. The van der Waals surface area contributed by atoms with E-state index in [0.717, 1.165) is 33.8 Å². The van der Waals surface area contributed by atoms with Crippen LogP contribution in [0.1, 0.15) is 0 Å². The molecule has 0 unspecified atom stereocenters. The summed E-state index contributed by atoms with van der Waals surface area (Å²) in [4.78, 5) is 5.15. The molecule has 0 spiro atoms. The number of fused-ring (bicyclic) bond motifs is 12. The quantitative estimate of drug-likeness (QED) is 0.187. The lowest BCUT2D eigenvalue weighted by Gasteiger charge is -2.10. The van der Waals surface area contributed by atoms with Crippen molar-refractivity contribution in [3.05, 3.63) is 170 Å². The summed E-state index contributed by atoms with van der Waals surface area (Å²) in [5, 5.41) is 10.0. The van der Waals surface area contributed by atoms with E-state index in [4.69, 9.17) is 4.98 Å². The fourth-order valence-electron chi connectivity index (χ4n) is 8.89. The van der Waals surface area contributed by atoms with E-state index in [1.165, 1.54) is 70.7 Å². The van der Waals surface area contributed by atoms with Gasteiger partial charge in [-0.3, -0.25) is 4.40 Å². The van der Waals surface area contributed by atoms with Gasteiger partial charge in [0, 0.05) is 49.3 Å². The first-order valence-corrected chi connectivity index (χ1v) is 17.5. The highest BCUT2D eigenvalue weighted by molar-refractivity contribution is 6.30. The number of rotatable bonds is 3. The van der Waals surface area contributed by atoms with Crippen molar-refractivity contribution >= 4 is 81.8 Å². The third-order valence-corrected chi connectivity index (χ3v) is 10.9. The summed E-state index contributed by atoms with van der Waals surface area (Å²) in [6.07, 6.45) is 0. The first-order valence-electron chi connectivity index (χ1n) is 17.5. The lowest BCUT2D eigenvalue weighted by Crippen LogP contribution is -1.95. The van der Waals surface area contributed by atoms with Crippen molar-refractivity contribution in [1.82, 2.24) is 18.5 Å². The van der Waals surface area contributed by atoms with Gasteiger partial charge in [0.1, 0.15) is 5.65 Å². The molecular weight excluding hydrogens is 621 g/mol. The fourth-order valence-corrected chi connectivity index (χ4v) is 8.89. The fraction of sp³-hybridized carbons (Fsp3) is 0. The summed E-state index contributed by atoms with van der Waals surface area (Å²) in [7, 11) is 0. The molecule has 7 aromatic carbocycles. The maximum atomic E-state index is 5.15. The van der Waals surface area contributed by atoms with Gasteiger partial charge in [-0.1, -0.05) is 115 Å². The molecule has 12 aromatic rings. The summed E-state index contributed by atoms with van der Waals surface area (Å²) in [5.74, 6) is 0. The number of aromatic nitrogens is 4. The monoisotopic (exact) mass is 648 g/mol. The highest BCUT2D eigenvalue weighted by atomic mass is 15.0. The van der Waals surface area contributed by atoms with Crippen LogP contribution < -0.4 is 0 Å². The van der Waals surface area contributed by atoms with Crippen molar-refractivity contribution in [2.75, 3.05) is 0 Å². The molecule has 0 aliphatic carbocycles. The van der Waals surface area contributed by atoms with Crippen LogP contribution in [0.4, 0.5) is 0 Å². The van der Waals surface area contributed by atoms with Crippen molar-refractivity contribution in [1.29, 1.82) is 0 Å². The van der Waals surface area contributed by atoms with Gasteiger partial charge in [0.2, 0.25) is 0 Å². The van der Waals surface area contributed by atoms with Crippen molar-refractivity contribution in [2.24, 2.45) is 0 Å². The topological polar surface area (TPSA) is 27.2 Å². The number of benzene rings is 7. The van der Waals surface area contributed by atoms with E-state index in [9.17, 15) is 0 Å². The van der Waals surface area contributed by atoms with Crippen LogP contribution in [-0.2, 0) is 0 Å². The first-order chi connectivity index (χ1) is 25.3. The van der Waals surface area contributed by atoms with Crippen LogP contribution in [0.3, 0.4) is 0 Å². The molecule has 0 radical (unpaired) electrons. The third-order valence-electron chi connectivity index (χ3n) is 10.9. The lowest BCUT2D eigenvalue weighted by molar-refractivity contribution is 1.18. The second kappa shape index (κ2) is 9.84. The third kappa shape index (κ3) is 3.50. The summed E-state index contributed by atoms with van der Waals surface area (Å²) in [6.45, 7) is 0. The second-order valence-corrected chi connectivity index (χ2v) is 13.6. The van der Waals surface area contributed by atoms with E-state index in [1.54, 1.807) is 0 Å². The number of hydrogen-bond acceptors (Lipinski definition) is 1. The molecular formula is C47H28N4. The van der Waals surface area contributed by atoms with Gasteiger partial charge in [-0.05, 0) is 65.4 Å². The van der Waals surface area contributed by atoms with Crippen molar-refractivity contribution < 1.29 is 0 Å². The van der Waals surface area contributed by atoms with E-state index in [0.29, 0.717) is 0 Å². The Morgan fingerprint density at radius 3 is 1.96 bits per heavy atom. The number of nitrogens with zero attached hydrogens (tertiary/aromatic N) is 4. The predicted molar refractivity (Wildman–Crippen MR) is 213 cm³/mol. The molecule has 4 nitrogen and oxygen atoms in total. The van der Waals surface area contributed by atoms with Crippen LogP contribution in [0.25, 0.3) is 104 Å². The van der Waals surface area contributed by atoms with E-state index >= 15 is 0 Å². The molecule has 0 saturated heterocycles. The zero-order chi connectivity index (χ0) is 33.2. The van der Waals surface area contributed by atoms with Gasteiger partial charge in [0.15, 0.2) is 0 Å². The molecule has 0 saturated carbocycles. The van der Waals surface area contributed by atoms with E-state index < -0.39 is 0 Å². The molecule has 0 bridgehead atoms. The largest absolute Gasteiger partial charge is 0.309 e. The standard InChI is InChI=1S/C47H28N4/c1-3-13-30(14-4-1)45-47-37-28-32(23-24-34(37)38-20-11-21-42(48-45)51(38)47)49-39-19-10-9-18-35(39)44-41(49)27-25-36-43-33-17-8-7-12-29(33)22-26-40(43)50(46(36)44)31-15-5-2-6-16-31/h1-28H. The summed E-state index contributed by atoms with van der Waals surface area (Å²) < 4.78 is 7.26. The Labute approximate surface area is 292 Å². The van der Waals surface area contributed by atoms with Gasteiger partial charge < -0.3 is 9.13 Å². The normalized spacial score (nSPS) is 12.3. The maximum absolute atomic E-state index is 5.15. The number of pyridine rings is 1. The molecule has 0 atom stereocenters. The Bertz CT molecular complexity index is 3340. The van der Waals surface area contributed by atoms with Crippen molar-refractivity contribution in [3.63, 3.8) is 0 Å². The van der Waals surface area contributed by atoms with Gasteiger partial charge in [0.05, 0.1) is 38.8 Å². The van der Waals surface area contributed by atoms with Crippen molar-refractivity contribution in [2.45, 2.75) is 0 Å². The highest BCUT2D eigenvalue weighted by Gasteiger charge is 2.23. The highest BCUT2D eigenvalue weighted by Crippen LogP contribution is 2.45. The predicted octanol–water partition coefficient (Wildman–Crippen LogP) is 12.1. The molecule has 12 rings (SSSR count). The zero-order valence-electron chi connectivity index (χ0n) is 27.5. The van der Waals surface area contributed by atoms with E-state index in [1.807, 2.05) is 0 Å². The molecule has 0 amide bonds. The molecule has 236 valence electrons. The SMILES string of the molecule is c1ccc(-c2nc3cccc4c5ccc(-n6c7ccccc7c7c6ccc6c8c9ccccc9ccc8n(-c8ccccc8)c67)cc5c2n34)cc1. The number of para-hydroxylation sites is 2. The van der Waals surface area contributed by atoms with E-state index in [-0.39, 0.29) is 0 Å². The van der Waals surface area contributed by atoms with Gasteiger partial charge in [-0.2, -0.15) is 0 Å². The average Bonchev–Trinajstić information content (AvgIpc) is 3.94.